The number of amides is 1. The molecule has 4 heteroatoms. The quantitative estimate of drug-likeness (QED) is 0.191. The molecule has 192 valence electrons. The van der Waals surface area contributed by atoms with Crippen LogP contribution in [0.2, 0.25) is 5.02 Å². The number of para-hydroxylation sites is 1. The number of carbonyl (C=O) groups excluding carboxylic acids is 1. The number of carbonyl (C=O) groups is 1. The number of hydrogen-bond donors (Lipinski definition) is 2. The second kappa shape index (κ2) is 12.1. The van der Waals surface area contributed by atoms with Crippen LogP contribution in [0.1, 0.15) is 59.4 Å². The molecule has 38 heavy (non-hydrogen) atoms. The summed E-state index contributed by atoms with van der Waals surface area (Å²) in [5.74, 6) is 0.0949. The maximum absolute atomic E-state index is 13.4. The van der Waals surface area contributed by atoms with Gasteiger partial charge in [-0.1, -0.05) is 116 Å². The Labute approximate surface area is 229 Å². The zero-order chi connectivity index (χ0) is 26.3. The largest absolute Gasteiger partial charge is 0.361 e. The fourth-order valence-electron chi connectivity index (χ4n) is 5.48. The Balaban J connectivity index is 1.36. The SMILES string of the molecule is CCc1cccc2c([C@@H](CC(=O)NCCC(c3ccccc3)c3ccccc3)c3ccccc3Cl)c[nH]c12. The third kappa shape index (κ3) is 5.69. The van der Waals surface area contributed by atoms with Crippen molar-refractivity contribution < 1.29 is 4.79 Å². The van der Waals surface area contributed by atoms with Crippen molar-refractivity contribution >= 4 is 28.4 Å². The minimum Gasteiger partial charge on any atom is -0.361 e. The first-order valence-electron chi connectivity index (χ1n) is 13.4. The number of aryl methyl sites for hydroxylation is 1. The van der Waals surface area contributed by atoms with Gasteiger partial charge in [-0.3, -0.25) is 4.79 Å². The van der Waals surface area contributed by atoms with Gasteiger partial charge in [-0.25, -0.2) is 0 Å². The van der Waals surface area contributed by atoms with Crippen molar-refractivity contribution in [2.45, 2.75) is 38.0 Å². The Kier molecular flexibility index (Phi) is 8.25. The predicted molar refractivity (Wildman–Crippen MR) is 158 cm³/mol. The Hall–Kier alpha value is -3.82. The summed E-state index contributed by atoms with van der Waals surface area (Å²) in [6.45, 7) is 2.75. The van der Waals surface area contributed by atoms with Gasteiger partial charge in [0.25, 0.3) is 0 Å². The summed E-state index contributed by atoms with van der Waals surface area (Å²) in [4.78, 5) is 16.9. The molecule has 0 aliphatic heterocycles. The van der Waals surface area contributed by atoms with Crippen LogP contribution in [0.3, 0.4) is 0 Å². The summed E-state index contributed by atoms with van der Waals surface area (Å²) in [7, 11) is 0. The maximum atomic E-state index is 13.4. The maximum Gasteiger partial charge on any atom is 0.220 e. The second-order valence-corrected chi connectivity index (χ2v) is 10.1. The molecule has 0 bridgehead atoms. The van der Waals surface area contributed by atoms with Crippen LogP contribution < -0.4 is 5.32 Å². The summed E-state index contributed by atoms with van der Waals surface area (Å²) >= 11 is 6.67. The predicted octanol–water partition coefficient (Wildman–Crippen LogP) is 8.24. The van der Waals surface area contributed by atoms with Gasteiger partial charge in [-0.05, 0) is 46.7 Å². The van der Waals surface area contributed by atoms with Crippen molar-refractivity contribution in [3.05, 3.63) is 142 Å². The number of hydrogen-bond acceptors (Lipinski definition) is 1. The fraction of sp³-hybridized carbons (Fsp3) is 0.206. The molecular weight excluding hydrogens is 488 g/mol. The molecule has 0 aliphatic rings. The Morgan fingerprint density at radius 2 is 1.45 bits per heavy atom. The van der Waals surface area contributed by atoms with Crippen LogP contribution in [0.5, 0.6) is 0 Å². The lowest BCUT2D eigenvalue weighted by Crippen LogP contribution is -2.27. The van der Waals surface area contributed by atoms with Crippen molar-refractivity contribution in [3.8, 4) is 0 Å². The number of aromatic nitrogens is 1. The highest BCUT2D eigenvalue weighted by molar-refractivity contribution is 6.31. The van der Waals surface area contributed by atoms with Crippen LogP contribution >= 0.6 is 11.6 Å². The van der Waals surface area contributed by atoms with Gasteiger partial charge in [0, 0.05) is 46.9 Å². The van der Waals surface area contributed by atoms with Crippen LogP contribution in [0.25, 0.3) is 10.9 Å². The average Bonchev–Trinajstić information content (AvgIpc) is 3.40. The monoisotopic (exact) mass is 520 g/mol. The van der Waals surface area contributed by atoms with E-state index < -0.39 is 0 Å². The van der Waals surface area contributed by atoms with E-state index in [0.717, 1.165) is 34.9 Å². The summed E-state index contributed by atoms with van der Waals surface area (Å²) in [5.41, 5.74) is 6.99. The third-order valence-electron chi connectivity index (χ3n) is 7.42. The van der Waals surface area contributed by atoms with Crippen LogP contribution in [-0.2, 0) is 11.2 Å². The van der Waals surface area contributed by atoms with Gasteiger partial charge in [0.1, 0.15) is 0 Å². The molecule has 1 atom stereocenters. The van der Waals surface area contributed by atoms with E-state index in [1.807, 2.05) is 42.6 Å². The van der Waals surface area contributed by atoms with E-state index in [1.54, 1.807) is 0 Å². The minimum atomic E-state index is -0.149. The molecule has 0 aliphatic carbocycles. The number of nitrogens with one attached hydrogen (secondary N) is 2. The summed E-state index contributed by atoms with van der Waals surface area (Å²) in [6.07, 6.45) is 4.14. The van der Waals surface area contributed by atoms with Crippen molar-refractivity contribution in [2.75, 3.05) is 6.54 Å². The number of H-pyrrole nitrogens is 1. The molecule has 1 amide bonds. The van der Waals surface area contributed by atoms with E-state index in [-0.39, 0.29) is 17.7 Å². The fourth-order valence-corrected chi connectivity index (χ4v) is 5.74. The van der Waals surface area contributed by atoms with Gasteiger partial charge in [0.2, 0.25) is 5.91 Å². The molecule has 0 unspecified atom stereocenters. The Bertz CT molecular complexity index is 1450. The molecular formula is C34H33ClN2O. The molecule has 2 N–H and O–H groups in total. The Morgan fingerprint density at radius 1 is 0.789 bits per heavy atom. The smallest absolute Gasteiger partial charge is 0.220 e. The van der Waals surface area contributed by atoms with E-state index >= 15 is 0 Å². The number of aromatic amines is 1. The topological polar surface area (TPSA) is 44.9 Å². The molecule has 1 heterocycles. The minimum absolute atomic E-state index is 0.0239. The normalized spacial score (nSPS) is 12.1. The molecule has 5 rings (SSSR count). The van der Waals surface area contributed by atoms with Gasteiger partial charge >= 0.3 is 0 Å². The summed E-state index contributed by atoms with van der Waals surface area (Å²) < 4.78 is 0. The Morgan fingerprint density at radius 3 is 2.11 bits per heavy atom. The number of benzene rings is 4. The van der Waals surface area contributed by atoms with E-state index in [2.05, 4.69) is 84.0 Å². The molecule has 0 spiro atoms. The first kappa shape index (κ1) is 25.8. The van der Waals surface area contributed by atoms with Crippen LogP contribution in [0.4, 0.5) is 0 Å². The molecule has 4 aromatic carbocycles. The van der Waals surface area contributed by atoms with Crippen molar-refractivity contribution in [1.29, 1.82) is 0 Å². The van der Waals surface area contributed by atoms with E-state index in [9.17, 15) is 4.79 Å². The second-order valence-electron chi connectivity index (χ2n) is 9.73. The molecule has 5 aromatic rings. The molecule has 0 fully saturated rings. The van der Waals surface area contributed by atoms with E-state index in [0.29, 0.717) is 18.0 Å². The summed E-state index contributed by atoms with van der Waals surface area (Å²) in [6, 6.07) is 35.2. The number of halogens is 1. The molecule has 0 radical (unpaired) electrons. The van der Waals surface area contributed by atoms with Crippen LogP contribution in [-0.4, -0.2) is 17.4 Å². The van der Waals surface area contributed by atoms with Crippen LogP contribution in [0.15, 0.2) is 109 Å². The molecule has 1 aromatic heterocycles. The number of rotatable bonds is 10. The standard InChI is InChI=1S/C34H33ClN2O/c1-2-24-16-11-18-29-31(23-37-34(24)29)30(28-17-9-10-19-32(28)35)22-33(38)36-21-20-27(25-12-5-3-6-13-25)26-14-7-4-8-15-26/h3-19,23,27,30,37H,2,20-22H2,1H3,(H,36,38)/t30-/m0/s1. The van der Waals surface area contributed by atoms with Gasteiger partial charge in [0.05, 0.1) is 0 Å². The first-order valence-corrected chi connectivity index (χ1v) is 13.7. The highest BCUT2D eigenvalue weighted by Gasteiger charge is 2.24. The summed E-state index contributed by atoms with van der Waals surface area (Å²) in [5, 5.41) is 5.04. The highest BCUT2D eigenvalue weighted by Crippen LogP contribution is 2.37. The lowest BCUT2D eigenvalue weighted by molar-refractivity contribution is -0.121. The average molecular weight is 521 g/mol. The highest BCUT2D eigenvalue weighted by atomic mass is 35.5. The molecule has 3 nitrogen and oxygen atoms in total. The van der Waals surface area contributed by atoms with Crippen molar-refractivity contribution in [2.24, 2.45) is 0 Å². The third-order valence-corrected chi connectivity index (χ3v) is 7.76. The van der Waals surface area contributed by atoms with E-state index in [1.165, 1.54) is 16.7 Å². The zero-order valence-corrected chi connectivity index (χ0v) is 22.4. The number of fused-ring (bicyclic) bond motifs is 1. The van der Waals surface area contributed by atoms with Gasteiger partial charge in [0.15, 0.2) is 0 Å². The van der Waals surface area contributed by atoms with Gasteiger partial charge in [-0.2, -0.15) is 0 Å². The lowest BCUT2D eigenvalue weighted by atomic mass is 9.87. The molecule has 0 saturated carbocycles. The van der Waals surface area contributed by atoms with E-state index in [4.69, 9.17) is 11.6 Å². The van der Waals surface area contributed by atoms with Crippen LogP contribution in [0, 0.1) is 0 Å². The van der Waals surface area contributed by atoms with Crippen molar-refractivity contribution in [3.63, 3.8) is 0 Å². The molecule has 0 saturated heterocycles. The van der Waals surface area contributed by atoms with Gasteiger partial charge in [-0.15, -0.1) is 0 Å². The van der Waals surface area contributed by atoms with Crippen molar-refractivity contribution in [1.82, 2.24) is 10.3 Å². The first-order chi connectivity index (χ1) is 18.7. The van der Waals surface area contributed by atoms with Gasteiger partial charge < -0.3 is 10.3 Å². The lowest BCUT2D eigenvalue weighted by Gasteiger charge is -2.20. The zero-order valence-electron chi connectivity index (χ0n) is 21.7.